The number of aliphatic hydroxyl groups excluding tert-OH is 1. The van der Waals surface area contributed by atoms with E-state index >= 15 is 0 Å². The van der Waals surface area contributed by atoms with Gasteiger partial charge in [0.05, 0.1) is 11.1 Å². The lowest BCUT2D eigenvalue weighted by Crippen LogP contribution is -2.10. The highest BCUT2D eigenvalue weighted by Gasteiger charge is 2.16. The lowest BCUT2D eigenvalue weighted by atomic mass is 10.5. The quantitative estimate of drug-likeness (QED) is 0.839. The third kappa shape index (κ3) is 3.08. The van der Waals surface area contributed by atoms with Crippen LogP contribution in [0.5, 0.6) is 0 Å². The first-order valence-electron chi connectivity index (χ1n) is 4.74. The van der Waals surface area contributed by atoms with E-state index in [0.29, 0.717) is 4.88 Å². The maximum Gasteiger partial charge on any atom is 0.273 e. The Morgan fingerprint density at radius 3 is 3.00 bits per heavy atom. The van der Waals surface area contributed by atoms with Crippen LogP contribution in [0.2, 0.25) is 0 Å². The van der Waals surface area contributed by atoms with Crippen molar-refractivity contribution in [2.24, 2.45) is 0 Å². The topological polar surface area (TPSA) is 79.3 Å². The molecule has 2 N–H and O–H groups in total. The van der Waals surface area contributed by atoms with Crippen LogP contribution in [-0.2, 0) is 10.0 Å². The Labute approximate surface area is 112 Å². The van der Waals surface area contributed by atoms with Crippen LogP contribution in [0.15, 0.2) is 27.9 Å². The zero-order valence-corrected chi connectivity index (χ0v) is 11.4. The standard InChI is InChI=1S/C10H8N2O3S3/c13-5-1-3-8-7-11-10(17-8)12-18(14,15)9-4-2-6-16-9/h2,4,6-7,13H,5H2,(H,11,12). The monoisotopic (exact) mass is 300 g/mol. The van der Waals surface area contributed by atoms with Gasteiger partial charge in [0.2, 0.25) is 0 Å². The number of nitrogens with one attached hydrogen (secondary N) is 1. The van der Waals surface area contributed by atoms with Crippen molar-refractivity contribution in [3.63, 3.8) is 0 Å². The highest BCUT2D eigenvalue weighted by Crippen LogP contribution is 2.23. The van der Waals surface area contributed by atoms with E-state index in [0.717, 1.165) is 22.7 Å². The summed E-state index contributed by atoms with van der Waals surface area (Å²) in [5.41, 5.74) is 0. The van der Waals surface area contributed by atoms with Crippen LogP contribution < -0.4 is 4.72 Å². The minimum atomic E-state index is -3.56. The van der Waals surface area contributed by atoms with Crippen LogP contribution in [0.1, 0.15) is 4.88 Å². The highest BCUT2D eigenvalue weighted by atomic mass is 32.2. The molecule has 0 amide bonds. The second-order valence-electron chi connectivity index (χ2n) is 3.03. The summed E-state index contributed by atoms with van der Waals surface area (Å²) in [5.74, 6) is 5.13. The van der Waals surface area contributed by atoms with E-state index in [4.69, 9.17) is 5.11 Å². The molecule has 0 saturated carbocycles. The number of hydrogen-bond acceptors (Lipinski definition) is 6. The van der Waals surface area contributed by atoms with Crippen LogP contribution in [0.4, 0.5) is 5.13 Å². The van der Waals surface area contributed by atoms with E-state index in [9.17, 15) is 8.42 Å². The van der Waals surface area contributed by atoms with Gasteiger partial charge in [0, 0.05) is 0 Å². The lowest BCUT2D eigenvalue weighted by molar-refractivity contribution is 0.350. The Morgan fingerprint density at radius 1 is 1.50 bits per heavy atom. The molecule has 0 saturated heterocycles. The fourth-order valence-electron chi connectivity index (χ4n) is 1.09. The Bertz CT molecular complexity index is 678. The minimum absolute atomic E-state index is 0.237. The first-order chi connectivity index (χ1) is 8.62. The van der Waals surface area contributed by atoms with Crippen molar-refractivity contribution in [1.82, 2.24) is 4.98 Å². The molecule has 2 heterocycles. The average Bonchev–Trinajstić information content (AvgIpc) is 2.96. The molecule has 2 aromatic heterocycles. The number of thiophene rings is 1. The molecule has 0 aromatic carbocycles. The molecule has 2 rings (SSSR count). The Kier molecular flexibility index (Phi) is 3.98. The summed E-state index contributed by atoms with van der Waals surface area (Å²) in [6.45, 7) is -0.242. The molecule has 18 heavy (non-hydrogen) atoms. The average molecular weight is 300 g/mol. The molecular weight excluding hydrogens is 292 g/mol. The number of nitrogens with zero attached hydrogens (tertiary/aromatic N) is 1. The van der Waals surface area contributed by atoms with Gasteiger partial charge in [-0.15, -0.1) is 11.3 Å². The summed E-state index contributed by atoms with van der Waals surface area (Å²) in [5, 5.41) is 10.5. The largest absolute Gasteiger partial charge is 0.384 e. The number of sulfonamides is 1. The summed E-state index contributed by atoms with van der Waals surface area (Å²) >= 11 is 2.25. The third-order valence-electron chi connectivity index (χ3n) is 1.78. The summed E-state index contributed by atoms with van der Waals surface area (Å²) in [6.07, 6.45) is 1.46. The smallest absolute Gasteiger partial charge is 0.273 e. The number of rotatable bonds is 3. The molecule has 0 bridgehead atoms. The van der Waals surface area contributed by atoms with E-state index in [2.05, 4.69) is 21.5 Å². The van der Waals surface area contributed by atoms with Gasteiger partial charge < -0.3 is 5.11 Å². The van der Waals surface area contributed by atoms with Gasteiger partial charge in [-0.2, -0.15) is 0 Å². The maximum absolute atomic E-state index is 11.9. The lowest BCUT2D eigenvalue weighted by Gasteiger charge is -2.00. The molecule has 5 nitrogen and oxygen atoms in total. The first kappa shape index (κ1) is 13.0. The second-order valence-corrected chi connectivity index (χ2v) is 6.91. The summed E-state index contributed by atoms with van der Waals surface area (Å²) < 4.78 is 26.4. The van der Waals surface area contributed by atoms with E-state index in [1.165, 1.54) is 12.3 Å². The molecule has 0 spiro atoms. The summed E-state index contributed by atoms with van der Waals surface area (Å²) in [7, 11) is -3.56. The molecule has 0 aliphatic carbocycles. The van der Waals surface area contributed by atoms with Gasteiger partial charge in [0.25, 0.3) is 10.0 Å². The van der Waals surface area contributed by atoms with Crippen molar-refractivity contribution in [2.45, 2.75) is 4.21 Å². The zero-order chi connectivity index (χ0) is 13.0. The molecule has 94 valence electrons. The number of aromatic nitrogens is 1. The number of hydrogen-bond donors (Lipinski definition) is 2. The molecule has 2 aromatic rings. The first-order valence-corrected chi connectivity index (χ1v) is 7.91. The van der Waals surface area contributed by atoms with Crippen molar-refractivity contribution in [2.75, 3.05) is 11.3 Å². The predicted molar refractivity (Wildman–Crippen MR) is 71.2 cm³/mol. The molecule has 8 heteroatoms. The second kappa shape index (κ2) is 5.49. The van der Waals surface area contributed by atoms with Crippen LogP contribution >= 0.6 is 22.7 Å². The third-order valence-corrected chi connectivity index (χ3v) is 5.47. The van der Waals surface area contributed by atoms with Crippen LogP contribution in [-0.4, -0.2) is 25.1 Å². The molecule has 0 fully saturated rings. The van der Waals surface area contributed by atoms with Crippen LogP contribution in [0.25, 0.3) is 0 Å². The number of aliphatic hydroxyl groups is 1. The zero-order valence-electron chi connectivity index (χ0n) is 8.95. The highest BCUT2D eigenvalue weighted by molar-refractivity contribution is 7.94. The van der Waals surface area contributed by atoms with E-state index in [1.807, 2.05) is 0 Å². The molecular formula is C10H8N2O3S3. The van der Waals surface area contributed by atoms with Crippen molar-refractivity contribution in [3.05, 3.63) is 28.6 Å². The Morgan fingerprint density at radius 2 is 2.33 bits per heavy atom. The summed E-state index contributed by atoms with van der Waals surface area (Å²) in [6, 6.07) is 3.19. The van der Waals surface area contributed by atoms with Gasteiger partial charge in [-0.05, 0) is 11.4 Å². The maximum atomic E-state index is 11.9. The van der Waals surface area contributed by atoms with Crippen molar-refractivity contribution >= 4 is 37.8 Å². The number of thiazole rings is 1. The van der Waals surface area contributed by atoms with Gasteiger partial charge in [-0.25, -0.2) is 13.4 Å². The Hall–Kier alpha value is -1.40. The normalized spacial score (nSPS) is 10.7. The van der Waals surface area contributed by atoms with E-state index in [1.54, 1.807) is 11.4 Å². The number of anilines is 1. The van der Waals surface area contributed by atoms with Crippen molar-refractivity contribution < 1.29 is 13.5 Å². The van der Waals surface area contributed by atoms with Gasteiger partial charge in [-0.1, -0.05) is 29.2 Å². The summed E-state index contributed by atoms with van der Waals surface area (Å²) in [4.78, 5) is 4.50. The molecule has 0 aliphatic rings. The SMILES string of the molecule is O=S(=O)(Nc1ncc(C#CCO)s1)c1cccs1. The van der Waals surface area contributed by atoms with Crippen molar-refractivity contribution in [1.29, 1.82) is 0 Å². The van der Waals surface area contributed by atoms with Gasteiger partial charge in [-0.3, -0.25) is 4.72 Å². The fraction of sp³-hybridized carbons (Fsp3) is 0.100. The van der Waals surface area contributed by atoms with Gasteiger partial charge >= 0.3 is 0 Å². The predicted octanol–water partition coefficient (Wildman–Crippen LogP) is 1.35. The van der Waals surface area contributed by atoms with Crippen LogP contribution in [0.3, 0.4) is 0 Å². The molecule has 0 aliphatic heterocycles. The van der Waals surface area contributed by atoms with Gasteiger partial charge in [0.1, 0.15) is 10.8 Å². The van der Waals surface area contributed by atoms with E-state index in [-0.39, 0.29) is 15.9 Å². The van der Waals surface area contributed by atoms with Crippen LogP contribution in [0, 0.1) is 11.8 Å². The van der Waals surface area contributed by atoms with Gasteiger partial charge in [0.15, 0.2) is 5.13 Å². The molecule has 0 radical (unpaired) electrons. The Balaban J connectivity index is 2.17. The van der Waals surface area contributed by atoms with E-state index < -0.39 is 10.0 Å². The minimum Gasteiger partial charge on any atom is -0.384 e. The molecule has 0 unspecified atom stereocenters. The fourth-order valence-corrected chi connectivity index (χ4v) is 4.01. The molecule has 0 atom stereocenters. The van der Waals surface area contributed by atoms with Crippen molar-refractivity contribution in [3.8, 4) is 11.8 Å².